The number of rotatable bonds is 6. The first-order valence-corrected chi connectivity index (χ1v) is 10.7. The average Bonchev–Trinajstić information content (AvgIpc) is 3.08. The number of anilines is 1. The highest BCUT2D eigenvalue weighted by molar-refractivity contribution is 7.88. The number of furan rings is 1. The van der Waals surface area contributed by atoms with E-state index in [1.165, 1.54) is 12.1 Å². The number of benzene rings is 2. The molecule has 0 radical (unpaired) electrons. The zero-order chi connectivity index (χ0) is 23.5. The molecule has 0 saturated heterocycles. The molecule has 1 aromatic heterocycles. The van der Waals surface area contributed by atoms with Crippen molar-refractivity contribution in [2.45, 2.75) is 18.5 Å². The number of carbonyl (C=O) groups excluding carboxylic acids is 1. The van der Waals surface area contributed by atoms with Gasteiger partial charge in [-0.2, -0.15) is 21.6 Å². The maximum absolute atomic E-state index is 12.4. The number of nitrogens with one attached hydrogen (secondary N) is 1. The van der Waals surface area contributed by atoms with Crippen LogP contribution in [0.1, 0.15) is 18.6 Å². The highest BCUT2D eigenvalue weighted by atomic mass is 35.5. The molecule has 0 bridgehead atoms. The van der Waals surface area contributed by atoms with Crippen LogP contribution >= 0.6 is 11.6 Å². The summed E-state index contributed by atoms with van der Waals surface area (Å²) in [6.45, 7) is 1.68. The number of hydrogen-bond acceptors (Lipinski definition) is 6. The molecule has 0 fully saturated rings. The minimum Gasteiger partial charge on any atom is -0.460 e. The number of ether oxygens (including phenoxy) is 1. The Balaban J connectivity index is 1.75. The number of halogens is 4. The van der Waals surface area contributed by atoms with Gasteiger partial charge in [-0.25, -0.2) is 4.79 Å². The molecule has 3 aromatic rings. The Morgan fingerprint density at radius 2 is 1.72 bits per heavy atom. The monoisotopic (exact) mass is 489 g/mol. The molecule has 170 valence electrons. The fraction of sp³-hybridized carbons (Fsp3) is 0.150. The van der Waals surface area contributed by atoms with E-state index in [-0.39, 0.29) is 22.0 Å². The predicted molar refractivity (Wildman–Crippen MR) is 110 cm³/mol. The molecule has 32 heavy (non-hydrogen) atoms. The lowest BCUT2D eigenvalue weighted by Gasteiger charge is -2.14. The molecule has 0 aliphatic rings. The summed E-state index contributed by atoms with van der Waals surface area (Å²) in [4.78, 5) is 12.3. The third-order valence-electron chi connectivity index (χ3n) is 4.13. The molecule has 0 saturated carbocycles. The zero-order valence-corrected chi connectivity index (χ0v) is 17.8. The van der Waals surface area contributed by atoms with E-state index >= 15 is 0 Å². The van der Waals surface area contributed by atoms with Gasteiger partial charge in [0.25, 0.3) is 0 Å². The van der Waals surface area contributed by atoms with Gasteiger partial charge in [0.05, 0.1) is 0 Å². The Kier molecular flexibility index (Phi) is 6.70. The van der Waals surface area contributed by atoms with E-state index in [9.17, 15) is 26.4 Å². The highest BCUT2D eigenvalue weighted by Gasteiger charge is 2.48. The normalized spacial score (nSPS) is 12.8. The maximum atomic E-state index is 12.4. The molecule has 12 heteroatoms. The van der Waals surface area contributed by atoms with Crippen molar-refractivity contribution in [3.63, 3.8) is 0 Å². The van der Waals surface area contributed by atoms with E-state index in [1.807, 2.05) is 6.07 Å². The van der Waals surface area contributed by atoms with Gasteiger partial charge in [0, 0.05) is 5.56 Å². The zero-order valence-electron chi connectivity index (χ0n) is 16.2. The van der Waals surface area contributed by atoms with Crippen molar-refractivity contribution in [1.29, 1.82) is 0 Å². The molecule has 0 aliphatic heterocycles. The minimum absolute atomic E-state index is 0.0456. The van der Waals surface area contributed by atoms with Crippen LogP contribution in [0.25, 0.3) is 11.3 Å². The lowest BCUT2D eigenvalue weighted by molar-refractivity contribution is -0.0500. The summed E-state index contributed by atoms with van der Waals surface area (Å²) in [5, 5.41) is 2.51. The summed E-state index contributed by atoms with van der Waals surface area (Å²) < 4.78 is 74.2. The van der Waals surface area contributed by atoms with E-state index in [4.69, 9.17) is 20.8 Å². The van der Waals surface area contributed by atoms with Crippen LogP contribution in [0.3, 0.4) is 0 Å². The Labute approximate surface area is 185 Å². The van der Waals surface area contributed by atoms with Gasteiger partial charge in [0.15, 0.2) is 5.76 Å². The highest BCUT2D eigenvalue weighted by Crippen LogP contribution is 2.37. The van der Waals surface area contributed by atoms with Crippen molar-refractivity contribution in [2.75, 3.05) is 5.32 Å². The second kappa shape index (κ2) is 9.13. The largest absolute Gasteiger partial charge is 0.534 e. The van der Waals surface area contributed by atoms with Crippen LogP contribution in [-0.4, -0.2) is 20.0 Å². The van der Waals surface area contributed by atoms with Gasteiger partial charge in [-0.3, -0.25) is 5.32 Å². The lowest BCUT2D eigenvalue weighted by atomic mass is 10.1. The first kappa shape index (κ1) is 23.5. The standard InChI is InChI=1S/C20H15ClF3NO6S/c1-12(13-5-3-2-4-6-13)30-19(26)25-17-16(21)11-29-18(17)14-7-9-15(10-8-14)31-32(27,28)20(22,23)24/h2-12H,1H3,(H,25,26)/t12-/m1/s1. The number of alkyl halides is 3. The van der Waals surface area contributed by atoms with Crippen LogP contribution in [0.15, 0.2) is 65.3 Å². The van der Waals surface area contributed by atoms with Crippen LogP contribution < -0.4 is 9.50 Å². The summed E-state index contributed by atoms with van der Waals surface area (Å²) in [6.07, 6.45) is -0.231. The van der Waals surface area contributed by atoms with Gasteiger partial charge >= 0.3 is 21.7 Å². The first-order chi connectivity index (χ1) is 15.0. The van der Waals surface area contributed by atoms with Crippen molar-refractivity contribution in [2.24, 2.45) is 0 Å². The van der Waals surface area contributed by atoms with Gasteiger partial charge in [-0.15, -0.1) is 0 Å². The van der Waals surface area contributed by atoms with Crippen LogP contribution in [-0.2, 0) is 14.9 Å². The van der Waals surface area contributed by atoms with E-state index in [1.54, 1.807) is 31.2 Å². The second-order valence-electron chi connectivity index (χ2n) is 6.38. The van der Waals surface area contributed by atoms with Gasteiger partial charge in [-0.05, 0) is 36.8 Å². The molecule has 2 aromatic carbocycles. The van der Waals surface area contributed by atoms with Crippen LogP contribution in [0.2, 0.25) is 5.02 Å². The first-order valence-electron chi connectivity index (χ1n) is 8.88. The average molecular weight is 490 g/mol. The van der Waals surface area contributed by atoms with Gasteiger partial charge in [-0.1, -0.05) is 41.9 Å². The molecule has 1 atom stereocenters. The summed E-state index contributed by atoms with van der Waals surface area (Å²) >= 11 is 6.07. The molecule has 0 unspecified atom stereocenters. The molecular formula is C20H15ClF3NO6S. The van der Waals surface area contributed by atoms with Crippen LogP contribution in [0.4, 0.5) is 23.7 Å². The summed E-state index contributed by atoms with van der Waals surface area (Å²) in [6, 6.07) is 13.5. The lowest BCUT2D eigenvalue weighted by Crippen LogP contribution is -2.28. The van der Waals surface area contributed by atoms with Crippen molar-refractivity contribution in [3.8, 4) is 17.1 Å². The SMILES string of the molecule is C[C@@H](OC(=O)Nc1c(Cl)coc1-c1ccc(OS(=O)(=O)C(F)(F)F)cc1)c1ccccc1. The van der Waals surface area contributed by atoms with E-state index in [0.29, 0.717) is 0 Å². The molecule has 0 aliphatic carbocycles. The van der Waals surface area contributed by atoms with Crippen molar-refractivity contribution < 1.29 is 39.7 Å². The molecule has 1 amide bonds. The molecule has 1 N–H and O–H groups in total. The van der Waals surface area contributed by atoms with Crippen LogP contribution in [0, 0.1) is 0 Å². The van der Waals surface area contributed by atoms with Crippen molar-refractivity contribution >= 4 is 33.5 Å². The van der Waals surface area contributed by atoms with Crippen molar-refractivity contribution in [3.05, 3.63) is 71.4 Å². The minimum atomic E-state index is -5.80. The molecule has 0 spiro atoms. The Morgan fingerprint density at radius 3 is 2.31 bits per heavy atom. The molecule has 7 nitrogen and oxygen atoms in total. The number of hydrogen-bond donors (Lipinski definition) is 1. The van der Waals surface area contributed by atoms with Gasteiger partial charge < -0.3 is 13.3 Å². The predicted octanol–water partition coefficient (Wildman–Crippen LogP) is 6.14. The van der Waals surface area contributed by atoms with E-state index in [0.717, 1.165) is 24.0 Å². The Morgan fingerprint density at radius 1 is 1.09 bits per heavy atom. The van der Waals surface area contributed by atoms with Crippen LogP contribution in [0.5, 0.6) is 5.75 Å². The van der Waals surface area contributed by atoms with Gasteiger partial charge in [0.2, 0.25) is 0 Å². The third kappa shape index (κ3) is 5.35. The maximum Gasteiger partial charge on any atom is 0.534 e. The fourth-order valence-electron chi connectivity index (χ4n) is 2.59. The van der Waals surface area contributed by atoms with Crippen molar-refractivity contribution in [1.82, 2.24) is 0 Å². The smallest absolute Gasteiger partial charge is 0.460 e. The fourth-order valence-corrected chi connectivity index (χ4v) is 3.22. The summed E-state index contributed by atoms with van der Waals surface area (Å²) in [5.41, 5.74) is -4.45. The molecular weight excluding hydrogens is 475 g/mol. The summed E-state index contributed by atoms with van der Waals surface area (Å²) in [7, 11) is -5.80. The van der Waals surface area contributed by atoms with Gasteiger partial charge in [0.1, 0.15) is 28.8 Å². The van der Waals surface area contributed by atoms with E-state index < -0.39 is 33.6 Å². The number of amides is 1. The van der Waals surface area contributed by atoms with E-state index in [2.05, 4.69) is 9.50 Å². The third-order valence-corrected chi connectivity index (χ3v) is 5.39. The molecule has 1 heterocycles. The Hall–Kier alpha value is -3.18. The molecule has 3 rings (SSSR count). The Bertz CT molecular complexity index is 1190. The summed E-state index contributed by atoms with van der Waals surface area (Å²) in [5.74, 6) is -0.487. The second-order valence-corrected chi connectivity index (χ2v) is 8.32. The number of carbonyl (C=O) groups is 1. The topological polar surface area (TPSA) is 94.8 Å². The quantitative estimate of drug-likeness (QED) is 0.330.